The normalized spacial score (nSPS) is 20.4. The first kappa shape index (κ1) is 18.4. The Morgan fingerprint density at radius 1 is 1.15 bits per heavy atom. The minimum absolute atomic E-state index is 0.181. The van der Waals surface area contributed by atoms with Gasteiger partial charge in [-0.15, -0.1) is 0 Å². The fourth-order valence-electron chi connectivity index (χ4n) is 3.83. The summed E-state index contributed by atoms with van der Waals surface area (Å²) in [6, 6.07) is 0.864. The number of nitrogens with one attached hydrogen (secondary N) is 2. The molecule has 0 amide bonds. The molecule has 2 aliphatic rings. The Labute approximate surface area is 160 Å². The molecule has 0 unspecified atom stereocenters. The van der Waals surface area contributed by atoms with Crippen molar-refractivity contribution in [1.82, 2.24) is 29.8 Å². The van der Waals surface area contributed by atoms with Gasteiger partial charge in [0.05, 0.1) is 6.20 Å². The number of aromatic nitrogens is 4. The van der Waals surface area contributed by atoms with Gasteiger partial charge in [-0.1, -0.05) is 13.8 Å². The van der Waals surface area contributed by atoms with E-state index in [2.05, 4.69) is 41.5 Å². The van der Waals surface area contributed by atoms with E-state index in [1.165, 1.54) is 0 Å². The number of ether oxygens (including phenoxy) is 1. The first-order valence-corrected chi connectivity index (χ1v) is 10.2. The van der Waals surface area contributed by atoms with Crippen molar-refractivity contribution in [2.24, 2.45) is 0 Å². The molecule has 2 N–H and O–H groups in total. The molecule has 4 heterocycles. The van der Waals surface area contributed by atoms with Gasteiger partial charge in [0.15, 0.2) is 5.65 Å². The van der Waals surface area contributed by atoms with E-state index in [0.717, 1.165) is 69.0 Å². The van der Waals surface area contributed by atoms with Crippen molar-refractivity contribution < 1.29 is 4.74 Å². The highest BCUT2D eigenvalue weighted by molar-refractivity contribution is 5.53. The molecule has 0 radical (unpaired) electrons. The molecular weight excluding hydrogens is 342 g/mol. The average molecular weight is 374 g/mol. The van der Waals surface area contributed by atoms with Crippen molar-refractivity contribution in [3.63, 3.8) is 0 Å². The van der Waals surface area contributed by atoms with Gasteiger partial charge in [0.1, 0.15) is 6.10 Å². The molecule has 27 heavy (non-hydrogen) atoms. The molecule has 0 saturated carbocycles. The van der Waals surface area contributed by atoms with E-state index in [1.54, 1.807) is 0 Å². The highest BCUT2D eigenvalue weighted by atomic mass is 16.5. The quantitative estimate of drug-likeness (QED) is 0.828. The van der Waals surface area contributed by atoms with Gasteiger partial charge in [-0.25, -0.2) is 0 Å². The maximum atomic E-state index is 6.20. The fourth-order valence-corrected chi connectivity index (χ4v) is 3.83. The SMILES string of the molecule is CC(C)c1cnn2c(NC3CCNCC3)nc(OC3CCN(C)CC3)nc12. The molecule has 2 aromatic rings. The number of hydrogen-bond donors (Lipinski definition) is 2. The molecule has 148 valence electrons. The van der Waals surface area contributed by atoms with Gasteiger partial charge in [-0.3, -0.25) is 0 Å². The number of rotatable bonds is 5. The van der Waals surface area contributed by atoms with Crippen molar-refractivity contribution in [3.8, 4) is 6.01 Å². The lowest BCUT2D eigenvalue weighted by atomic mass is 10.1. The van der Waals surface area contributed by atoms with Crippen LogP contribution in [0.3, 0.4) is 0 Å². The maximum absolute atomic E-state index is 6.20. The molecule has 0 spiro atoms. The van der Waals surface area contributed by atoms with Crippen LogP contribution in [0, 0.1) is 0 Å². The van der Waals surface area contributed by atoms with Crippen LogP contribution in [0.5, 0.6) is 6.01 Å². The number of anilines is 1. The molecule has 0 aromatic carbocycles. The minimum Gasteiger partial charge on any atom is -0.460 e. The second kappa shape index (κ2) is 7.98. The molecule has 2 aliphatic heterocycles. The lowest BCUT2D eigenvalue weighted by Gasteiger charge is -2.29. The van der Waals surface area contributed by atoms with Gasteiger partial charge < -0.3 is 20.3 Å². The Morgan fingerprint density at radius 3 is 2.59 bits per heavy atom. The van der Waals surface area contributed by atoms with Crippen LogP contribution in [-0.2, 0) is 0 Å². The summed E-state index contributed by atoms with van der Waals surface area (Å²) in [4.78, 5) is 11.8. The van der Waals surface area contributed by atoms with Gasteiger partial charge in [0.2, 0.25) is 5.95 Å². The van der Waals surface area contributed by atoms with Crippen LogP contribution in [0.2, 0.25) is 0 Å². The first-order chi connectivity index (χ1) is 13.1. The van der Waals surface area contributed by atoms with Crippen LogP contribution >= 0.6 is 0 Å². The third-order valence-corrected chi connectivity index (χ3v) is 5.61. The zero-order valence-electron chi connectivity index (χ0n) is 16.6. The van der Waals surface area contributed by atoms with E-state index in [4.69, 9.17) is 14.7 Å². The predicted molar refractivity (Wildman–Crippen MR) is 106 cm³/mol. The van der Waals surface area contributed by atoms with Gasteiger partial charge in [0.25, 0.3) is 0 Å². The molecule has 0 bridgehead atoms. The number of hydrogen-bond acceptors (Lipinski definition) is 7. The van der Waals surface area contributed by atoms with Crippen molar-refractivity contribution >= 4 is 11.6 Å². The predicted octanol–water partition coefficient (Wildman–Crippen LogP) is 1.88. The van der Waals surface area contributed by atoms with Crippen LogP contribution < -0.4 is 15.4 Å². The summed E-state index contributed by atoms with van der Waals surface area (Å²) in [5.74, 6) is 1.09. The van der Waals surface area contributed by atoms with Gasteiger partial charge in [-0.05, 0) is 51.7 Å². The lowest BCUT2D eigenvalue weighted by Crippen LogP contribution is -2.37. The van der Waals surface area contributed by atoms with Crippen LogP contribution in [0.15, 0.2) is 6.20 Å². The standard InChI is InChI=1S/C19H31N7O/c1-13(2)16-12-21-26-17(16)23-19(27-15-6-10-25(3)11-7-15)24-18(26)22-14-4-8-20-9-5-14/h12-15,20H,4-11H2,1-3H3,(H,22,23,24). The maximum Gasteiger partial charge on any atom is 0.322 e. The van der Waals surface area contributed by atoms with E-state index in [1.807, 2.05) is 10.7 Å². The van der Waals surface area contributed by atoms with Crippen molar-refractivity contribution in [3.05, 3.63) is 11.8 Å². The van der Waals surface area contributed by atoms with E-state index >= 15 is 0 Å². The number of piperidine rings is 2. The second-order valence-electron chi connectivity index (χ2n) is 8.11. The topological polar surface area (TPSA) is 79.6 Å². The van der Waals surface area contributed by atoms with Crippen LogP contribution in [0.4, 0.5) is 5.95 Å². The monoisotopic (exact) mass is 373 g/mol. The average Bonchev–Trinajstić information content (AvgIpc) is 3.09. The van der Waals surface area contributed by atoms with E-state index < -0.39 is 0 Å². The first-order valence-electron chi connectivity index (χ1n) is 10.2. The molecule has 2 saturated heterocycles. The van der Waals surface area contributed by atoms with Crippen molar-refractivity contribution in [2.75, 3.05) is 38.5 Å². The zero-order valence-corrected chi connectivity index (χ0v) is 16.6. The molecule has 0 aliphatic carbocycles. The third kappa shape index (κ3) is 4.16. The Morgan fingerprint density at radius 2 is 1.89 bits per heavy atom. The third-order valence-electron chi connectivity index (χ3n) is 5.61. The second-order valence-corrected chi connectivity index (χ2v) is 8.11. The highest BCUT2D eigenvalue weighted by Gasteiger charge is 2.23. The van der Waals surface area contributed by atoms with Crippen LogP contribution in [0.25, 0.3) is 5.65 Å². The number of nitrogens with zero attached hydrogens (tertiary/aromatic N) is 5. The summed E-state index contributed by atoms with van der Waals surface area (Å²) in [7, 11) is 2.15. The van der Waals surface area contributed by atoms with E-state index in [0.29, 0.717) is 18.0 Å². The zero-order chi connectivity index (χ0) is 18.8. The molecular formula is C19H31N7O. The lowest BCUT2D eigenvalue weighted by molar-refractivity contribution is 0.105. The van der Waals surface area contributed by atoms with E-state index in [-0.39, 0.29) is 6.10 Å². The van der Waals surface area contributed by atoms with Gasteiger partial charge in [0, 0.05) is 24.7 Å². The number of likely N-dealkylation sites (tertiary alicyclic amines) is 1. The van der Waals surface area contributed by atoms with Crippen LogP contribution in [-0.4, -0.2) is 69.9 Å². The summed E-state index contributed by atoms with van der Waals surface area (Å²) >= 11 is 0. The smallest absolute Gasteiger partial charge is 0.322 e. The summed E-state index contributed by atoms with van der Waals surface area (Å²) in [6.07, 6.45) is 6.27. The van der Waals surface area contributed by atoms with Gasteiger partial charge in [-0.2, -0.15) is 19.6 Å². The highest BCUT2D eigenvalue weighted by Crippen LogP contribution is 2.25. The fraction of sp³-hybridized carbons (Fsp3) is 0.737. The number of fused-ring (bicyclic) bond motifs is 1. The van der Waals surface area contributed by atoms with Gasteiger partial charge >= 0.3 is 6.01 Å². The van der Waals surface area contributed by atoms with Crippen LogP contribution in [0.1, 0.15) is 51.0 Å². The van der Waals surface area contributed by atoms with Crippen molar-refractivity contribution in [1.29, 1.82) is 0 Å². The molecule has 2 aromatic heterocycles. The molecule has 4 rings (SSSR count). The summed E-state index contributed by atoms with van der Waals surface area (Å²) < 4.78 is 8.04. The Hall–Kier alpha value is -1.93. The Kier molecular flexibility index (Phi) is 5.45. The molecule has 0 atom stereocenters. The largest absolute Gasteiger partial charge is 0.460 e. The Bertz CT molecular complexity index is 761. The summed E-state index contributed by atoms with van der Waals surface area (Å²) in [5.41, 5.74) is 1.97. The summed E-state index contributed by atoms with van der Waals surface area (Å²) in [6.45, 7) is 8.49. The molecule has 2 fully saturated rings. The van der Waals surface area contributed by atoms with Crippen molar-refractivity contribution in [2.45, 2.75) is 57.6 Å². The molecule has 8 nitrogen and oxygen atoms in total. The molecule has 8 heteroatoms. The Balaban J connectivity index is 1.62. The minimum atomic E-state index is 0.181. The summed E-state index contributed by atoms with van der Waals surface area (Å²) in [5, 5.41) is 11.5. The van der Waals surface area contributed by atoms with E-state index in [9.17, 15) is 0 Å².